The summed E-state index contributed by atoms with van der Waals surface area (Å²) < 4.78 is 18.1. The molecule has 1 aliphatic heterocycles. The second-order valence-electron chi connectivity index (χ2n) is 5.06. The van der Waals surface area contributed by atoms with Gasteiger partial charge in [-0.25, -0.2) is 9.38 Å². The summed E-state index contributed by atoms with van der Waals surface area (Å²) in [6.07, 6.45) is 1.02. The van der Waals surface area contributed by atoms with Crippen LogP contribution < -0.4 is 11.1 Å². The van der Waals surface area contributed by atoms with Crippen molar-refractivity contribution in [2.75, 3.05) is 39.4 Å². The monoisotopic (exact) mass is 294 g/mol. The normalized spacial score (nSPS) is 16.9. The van der Waals surface area contributed by atoms with Crippen LogP contribution in [0.2, 0.25) is 0 Å². The number of benzene rings is 1. The summed E-state index contributed by atoms with van der Waals surface area (Å²) in [5.41, 5.74) is 6.74. The van der Waals surface area contributed by atoms with Crippen molar-refractivity contribution in [2.45, 2.75) is 13.0 Å². The lowest BCUT2D eigenvalue weighted by Crippen LogP contribution is -2.39. The van der Waals surface area contributed by atoms with Gasteiger partial charge in [0.2, 0.25) is 0 Å². The predicted molar refractivity (Wildman–Crippen MR) is 81.6 cm³/mol. The molecule has 0 atom stereocenters. The van der Waals surface area contributed by atoms with Gasteiger partial charge < -0.3 is 15.8 Å². The number of hydrogen-bond donors (Lipinski definition) is 2. The molecule has 0 radical (unpaired) electrons. The van der Waals surface area contributed by atoms with Gasteiger partial charge in [0, 0.05) is 19.6 Å². The number of nitrogens with one attached hydrogen (secondary N) is 1. The number of halogens is 1. The molecule has 2 rings (SSSR count). The van der Waals surface area contributed by atoms with E-state index in [1.165, 1.54) is 12.1 Å². The molecule has 0 spiro atoms. The highest BCUT2D eigenvalue weighted by molar-refractivity contribution is 5.77. The summed E-state index contributed by atoms with van der Waals surface area (Å²) in [6.45, 7) is 5.98. The van der Waals surface area contributed by atoms with E-state index >= 15 is 0 Å². The van der Waals surface area contributed by atoms with Gasteiger partial charge in [-0.1, -0.05) is 12.1 Å². The maximum absolute atomic E-state index is 12.8. The van der Waals surface area contributed by atoms with Gasteiger partial charge in [-0.15, -0.1) is 0 Å². The van der Waals surface area contributed by atoms with Gasteiger partial charge in [-0.2, -0.15) is 0 Å². The minimum atomic E-state index is -0.239. The standard InChI is InChI=1S/C15H23FN4O/c16-14-4-2-13(3-5-14)12-19-15(17)18-6-1-7-20-8-10-21-11-9-20/h2-5H,1,6-12H2,(H3,17,18,19). The SMILES string of the molecule is NC(=NCc1ccc(F)cc1)NCCCN1CCOCC1. The number of guanidine groups is 1. The summed E-state index contributed by atoms with van der Waals surface area (Å²) in [7, 11) is 0. The van der Waals surface area contributed by atoms with E-state index in [-0.39, 0.29) is 5.82 Å². The topological polar surface area (TPSA) is 62.9 Å². The Morgan fingerprint density at radius 3 is 2.71 bits per heavy atom. The third-order valence-electron chi connectivity index (χ3n) is 3.41. The third-order valence-corrected chi connectivity index (χ3v) is 3.41. The quantitative estimate of drug-likeness (QED) is 0.466. The van der Waals surface area contributed by atoms with Gasteiger partial charge in [0.05, 0.1) is 19.8 Å². The van der Waals surface area contributed by atoms with Gasteiger partial charge in [0.15, 0.2) is 5.96 Å². The van der Waals surface area contributed by atoms with Crippen LogP contribution in [0.5, 0.6) is 0 Å². The Kier molecular flexibility index (Phi) is 6.43. The first-order valence-electron chi connectivity index (χ1n) is 7.32. The lowest BCUT2D eigenvalue weighted by atomic mass is 10.2. The van der Waals surface area contributed by atoms with Gasteiger partial charge in [0.1, 0.15) is 5.82 Å². The number of aliphatic imine (C=N–C) groups is 1. The fourth-order valence-electron chi connectivity index (χ4n) is 2.17. The fraction of sp³-hybridized carbons (Fsp3) is 0.533. The molecule has 0 aromatic heterocycles. The van der Waals surface area contributed by atoms with Crippen molar-refractivity contribution in [1.29, 1.82) is 0 Å². The number of nitrogens with zero attached hydrogens (tertiary/aromatic N) is 2. The summed E-state index contributed by atoms with van der Waals surface area (Å²) in [4.78, 5) is 6.62. The van der Waals surface area contributed by atoms with E-state index in [1.54, 1.807) is 12.1 Å². The summed E-state index contributed by atoms with van der Waals surface area (Å²) in [5.74, 6) is 0.193. The maximum Gasteiger partial charge on any atom is 0.188 e. The zero-order chi connectivity index (χ0) is 14.9. The second kappa shape index (κ2) is 8.59. The first-order valence-corrected chi connectivity index (χ1v) is 7.32. The Balaban J connectivity index is 1.60. The molecule has 116 valence electrons. The second-order valence-corrected chi connectivity index (χ2v) is 5.06. The molecule has 1 aromatic carbocycles. The number of nitrogens with two attached hydrogens (primary N) is 1. The molecule has 1 fully saturated rings. The number of morpholine rings is 1. The first kappa shape index (κ1) is 15.7. The molecule has 1 saturated heterocycles. The molecular formula is C15H23FN4O. The summed E-state index contributed by atoms with van der Waals surface area (Å²) in [6, 6.07) is 6.28. The highest BCUT2D eigenvalue weighted by Crippen LogP contribution is 2.03. The summed E-state index contributed by atoms with van der Waals surface area (Å²) >= 11 is 0. The molecule has 6 heteroatoms. The Labute approximate surface area is 125 Å². The Hall–Kier alpha value is -1.66. The van der Waals surface area contributed by atoms with E-state index in [2.05, 4.69) is 15.2 Å². The highest BCUT2D eigenvalue weighted by Gasteiger charge is 2.08. The minimum Gasteiger partial charge on any atom is -0.379 e. The summed E-state index contributed by atoms with van der Waals surface area (Å²) in [5, 5.41) is 3.10. The molecule has 1 aliphatic rings. The predicted octanol–water partition coefficient (Wildman–Crippen LogP) is 0.952. The largest absolute Gasteiger partial charge is 0.379 e. The van der Waals surface area contributed by atoms with Crippen LogP contribution in [-0.2, 0) is 11.3 Å². The number of hydrogen-bond acceptors (Lipinski definition) is 3. The van der Waals surface area contributed by atoms with Gasteiger partial charge in [-0.3, -0.25) is 4.90 Å². The van der Waals surface area contributed by atoms with E-state index in [4.69, 9.17) is 10.5 Å². The van der Waals surface area contributed by atoms with E-state index in [0.29, 0.717) is 12.5 Å². The lowest BCUT2D eigenvalue weighted by molar-refractivity contribution is 0.0376. The molecule has 0 bridgehead atoms. The molecule has 1 aromatic rings. The van der Waals surface area contributed by atoms with Crippen molar-refractivity contribution in [3.8, 4) is 0 Å². The zero-order valence-electron chi connectivity index (χ0n) is 12.2. The Morgan fingerprint density at radius 2 is 2.00 bits per heavy atom. The Bertz CT molecular complexity index is 443. The minimum absolute atomic E-state index is 0.239. The smallest absolute Gasteiger partial charge is 0.188 e. The molecule has 0 aliphatic carbocycles. The van der Waals surface area contributed by atoms with E-state index in [1.807, 2.05) is 0 Å². The average molecular weight is 294 g/mol. The van der Waals surface area contributed by atoms with Crippen LogP contribution >= 0.6 is 0 Å². The van der Waals surface area contributed by atoms with Crippen molar-refractivity contribution < 1.29 is 9.13 Å². The van der Waals surface area contributed by atoms with Crippen molar-refractivity contribution in [3.63, 3.8) is 0 Å². The van der Waals surface area contributed by atoms with Crippen LogP contribution in [0.15, 0.2) is 29.3 Å². The van der Waals surface area contributed by atoms with Crippen molar-refractivity contribution in [2.24, 2.45) is 10.7 Å². The maximum atomic E-state index is 12.8. The molecule has 3 N–H and O–H groups in total. The molecule has 1 heterocycles. The number of rotatable bonds is 6. The van der Waals surface area contributed by atoms with E-state index < -0.39 is 0 Å². The van der Waals surface area contributed by atoms with Crippen LogP contribution in [0.25, 0.3) is 0 Å². The molecule has 0 saturated carbocycles. The third kappa shape index (κ3) is 6.10. The first-order chi connectivity index (χ1) is 10.2. The van der Waals surface area contributed by atoms with Gasteiger partial charge >= 0.3 is 0 Å². The van der Waals surface area contributed by atoms with Gasteiger partial charge in [0.25, 0.3) is 0 Å². The van der Waals surface area contributed by atoms with E-state index in [0.717, 1.165) is 51.4 Å². The van der Waals surface area contributed by atoms with Crippen LogP contribution in [-0.4, -0.2) is 50.3 Å². The van der Waals surface area contributed by atoms with Crippen LogP contribution in [0.1, 0.15) is 12.0 Å². The van der Waals surface area contributed by atoms with Crippen molar-refractivity contribution in [3.05, 3.63) is 35.6 Å². The number of ether oxygens (including phenoxy) is 1. The Morgan fingerprint density at radius 1 is 1.29 bits per heavy atom. The van der Waals surface area contributed by atoms with E-state index in [9.17, 15) is 4.39 Å². The van der Waals surface area contributed by atoms with Gasteiger partial charge in [-0.05, 0) is 30.7 Å². The molecule has 5 nitrogen and oxygen atoms in total. The zero-order valence-corrected chi connectivity index (χ0v) is 12.2. The lowest BCUT2D eigenvalue weighted by Gasteiger charge is -2.26. The highest BCUT2D eigenvalue weighted by atomic mass is 19.1. The van der Waals surface area contributed by atoms with Crippen LogP contribution in [0.4, 0.5) is 4.39 Å². The van der Waals surface area contributed by atoms with Crippen LogP contribution in [0.3, 0.4) is 0 Å². The molecule has 0 amide bonds. The molecule has 21 heavy (non-hydrogen) atoms. The van der Waals surface area contributed by atoms with Crippen molar-refractivity contribution >= 4 is 5.96 Å². The average Bonchev–Trinajstić information content (AvgIpc) is 2.52. The van der Waals surface area contributed by atoms with Crippen LogP contribution in [0, 0.1) is 5.82 Å². The van der Waals surface area contributed by atoms with Crippen molar-refractivity contribution in [1.82, 2.24) is 10.2 Å². The fourth-order valence-corrected chi connectivity index (χ4v) is 2.17. The molecular weight excluding hydrogens is 271 g/mol. The molecule has 0 unspecified atom stereocenters.